The van der Waals surface area contributed by atoms with Gasteiger partial charge in [0.05, 0.1) is 0 Å². The lowest BCUT2D eigenvalue weighted by atomic mass is 9.82. The third kappa shape index (κ3) is 4.28. The SMILES string of the molecule is c1ccc(-c2ccccc2-c2c3ccccc3c(-c3cccc4ccc(-c5ccc6ccc7cccc8ccc5c6c78)cc34)c3ccccc23)cc1. The van der Waals surface area contributed by atoms with Gasteiger partial charge in [-0.2, -0.15) is 0 Å². The molecule has 0 aliphatic heterocycles. The zero-order valence-electron chi connectivity index (χ0n) is 28.5. The third-order valence-corrected chi connectivity index (χ3v) is 11.2. The third-order valence-electron chi connectivity index (χ3n) is 11.2. The fourth-order valence-electron chi connectivity index (χ4n) is 8.92. The van der Waals surface area contributed by atoms with Gasteiger partial charge in [0.1, 0.15) is 0 Å². The highest BCUT2D eigenvalue weighted by molar-refractivity contribution is 6.27. The molecule has 0 fully saturated rings. The van der Waals surface area contributed by atoms with Gasteiger partial charge >= 0.3 is 0 Å². The van der Waals surface area contributed by atoms with E-state index in [1.54, 1.807) is 0 Å². The van der Waals surface area contributed by atoms with Crippen LogP contribution in [0, 0.1) is 0 Å². The maximum absolute atomic E-state index is 2.43. The molecule has 52 heavy (non-hydrogen) atoms. The normalized spacial score (nSPS) is 11.8. The van der Waals surface area contributed by atoms with Gasteiger partial charge in [-0.1, -0.05) is 188 Å². The van der Waals surface area contributed by atoms with Gasteiger partial charge in [-0.3, -0.25) is 0 Å². The van der Waals surface area contributed by atoms with E-state index in [0.29, 0.717) is 0 Å². The molecule has 0 aliphatic carbocycles. The van der Waals surface area contributed by atoms with Crippen molar-refractivity contribution in [1.29, 1.82) is 0 Å². The monoisotopic (exact) mass is 656 g/mol. The number of hydrogen-bond acceptors (Lipinski definition) is 0. The fraction of sp³-hybridized carbons (Fsp3) is 0. The molecule has 0 aromatic heterocycles. The highest BCUT2D eigenvalue weighted by Crippen LogP contribution is 2.48. The zero-order chi connectivity index (χ0) is 34.2. The van der Waals surface area contributed by atoms with Crippen LogP contribution in [0.1, 0.15) is 0 Å². The molecule has 0 unspecified atom stereocenters. The Morgan fingerprint density at radius 2 is 0.712 bits per heavy atom. The van der Waals surface area contributed by atoms with E-state index >= 15 is 0 Å². The lowest BCUT2D eigenvalue weighted by Crippen LogP contribution is -1.93. The molecule has 240 valence electrons. The molecule has 0 aliphatic rings. The van der Waals surface area contributed by atoms with E-state index in [1.165, 1.54) is 109 Å². The summed E-state index contributed by atoms with van der Waals surface area (Å²) in [5.41, 5.74) is 10.0. The molecular formula is C52H32. The fourth-order valence-corrected chi connectivity index (χ4v) is 8.92. The molecule has 0 nitrogen and oxygen atoms in total. The van der Waals surface area contributed by atoms with E-state index in [1.807, 2.05) is 0 Å². The number of fused-ring (bicyclic) bond motifs is 3. The Morgan fingerprint density at radius 1 is 0.212 bits per heavy atom. The molecule has 0 heteroatoms. The second-order valence-electron chi connectivity index (χ2n) is 14.0. The van der Waals surface area contributed by atoms with Gasteiger partial charge in [0.15, 0.2) is 0 Å². The summed E-state index contributed by atoms with van der Waals surface area (Å²) in [5, 5.41) is 15.4. The van der Waals surface area contributed by atoms with Crippen LogP contribution in [0.3, 0.4) is 0 Å². The predicted molar refractivity (Wildman–Crippen MR) is 224 cm³/mol. The van der Waals surface area contributed by atoms with Crippen molar-refractivity contribution in [3.05, 3.63) is 194 Å². The van der Waals surface area contributed by atoms with Crippen LogP contribution in [-0.4, -0.2) is 0 Å². The summed E-state index contributed by atoms with van der Waals surface area (Å²) >= 11 is 0. The van der Waals surface area contributed by atoms with Crippen molar-refractivity contribution in [3.8, 4) is 44.5 Å². The largest absolute Gasteiger partial charge is 0.0622 e. The summed E-state index contributed by atoms with van der Waals surface area (Å²) in [6.07, 6.45) is 0. The lowest BCUT2D eigenvalue weighted by molar-refractivity contribution is 1.61. The average molecular weight is 657 g/mol. The van der Waals surface area contributed by atoms with Gasteiger partial charge in [0.25, 0.3) is 0 Å². The van der Waals surface area contributed by atoms with Gasteiger partial charge < -0.3 is 0 Å². The quantitative estimate of drug-likeness (QED) is 0.131. The number of rotatable bonds is 4. The topological polar surface area (TPSA) is 0 Å². The minimum Gasteiger partial charge on any atom is -0.0622 e. The summed E-state index contributed by atoms with van der Waals surface area (Å²) < 4.78 is 0. The van der Waals surface area contributed by atoms with Crippen LogP contribution in [-0.2, 0) is 0 Å². The van der Waals surface area contributed by atoms with Gasteiger partial charge in [0.2, 0.25) is 0 Å². The first-order chi connectivity index (χ1) is 25.8. The Bertz CT molecular complexity index is 3090. The Kier molecular flexibility index (Phi) is 6.35. The van der Waals surface area contributed by atoms with Gasteiger partial charge in [-0.05, 0) is 115 Å². The molecule has 11 aromatic carbocycles. The standard InChI is InChI=1S/C52H32/c1-2-12-33(13-3-1)39-17-4-5-18-41(39)51-42-19-6-8-21-44(42)52(45-22-9-7-20-43(45)51)46-23-11-14-34-24-27-38(32-48(34)46)40-30-28-37-26-25-35-15-10-16-36-29-31-47(40)50(37)49(35)36/h1-32H. The molecule has 0 heterocycles. The number of benzene rings is 11. The molecule has 0 saturated heterocycles. The first kappa shape index (κ1) is 29.0. The van der Waals surface area contributed by atoms with E-state index in [-0.39, 0.29) is 0 Å². The zero-order valence-corrected chi connectivity index (χ0v) is 28.5. The van der Waals surface area contributed by atoms with Crippen molar-refractivity contribution < 1.29 is 0 Å². The highest BCUT2D eigenvalue weighted by atomic mass is 14.2. The predicted octanol–water partition coefficient (Wildman–Crippen LogP) is 14.7. The van der Waals surface area contributed by atoms with E-state index in [2.05, 4.69) is 194 Å². The number of hydrogen-bond donors (Lipinski definition) is 0. The highest BCUT2D eigenvalue weighted by Gasteiger charge is 2.20. The molecule has 0 saturated carbocycles. The van der Waals surface area contributed by atoms with Gasteiger partial charge in [-0.25, -0.2) is 0 Å². The van der Waals surface area contributed by atoms with Gasteiger partial charge in [0, 0.05) is 0 Å². The second-order valence-corrected chi connectivity index (χ2v) is 14.0. The van der Waals surface area contributed by atoms with Gasteiger partial charge in [-0.15, -0.1) is 0 Å². The van der Waals surface area contributed by atoms with Crippen LogP contribution in [0.2, 0.25) is 0 Å². The molecule has 0 radical (unpaired) electrons. The Morgan fingerprint density at radius 3 is 1.42 bits per heavy atom. The van der Waals surface area contributed by atoms with Crippen LogP contribution >= 0.6 is 0 Å². The summed E-state index contributed by atoms with van der Waals surface area (Å²) in [4.78, 5) is 0. The van der Waals surface area contributed by atoms with E-state index in [0.717, 1.165) is 0 Å². The molecule has 11 aromatic rings. The van der Waals surface area contributed by atoms with Crippen LogP contribution in [0.5, 0.6) is 0 Å². The molecule has 0 N–H and O–H groups in total. The molecule has 11 rings (SSSR count). The van der Waals surface area contributed by atoms with Crippen LogP contribution in [0.25, 0.3) is 109 Å². The first-order valence-electron chi connectivity index (χ1n) is 18.1. The summed E-state index contributed by atoms with van der Waals surface area (Å²) in [5.74, 6) is 0. The van der Waals surface area contributed by atoms with Crippen LogP contribution < -0.4 is 0 Å². The maximum Gasteiger partial charge on any atom is -0.00201 e. The van der Waals surface area contributed by atoms with Crippen molar-refractivity contribution in [2.45, 2.75) is 0 Å². The van der Waals surface area contributed by atoms with E-state index < -0.39 is 0 Å². The van der Waals surface area contributed by atoms with Crippen molar-refractivity contribution >= 4 is 64.6 Å². The molecule has 0 amide bonds. The second kappa shape index (κ2) is 11.4. The van der Waals surface area contributed by atoms with Crippen molar-refractivity contribution in [3.63, 3.8) is 0 Å². The summed E-state index contributed by atoms with van der Waals surface area (Å²) in [7, 11) is 0. The van der Waals surface area contributed by atoms with E-state index in [9.17, 15) is 0 Å². The Labute approximate surface area is 302 Å². The molecule has 0 atom stereocenters. The first-order valence-corrected chi connectivity index (χ1v) is 18.1. The maximum atomic E-state index is 2.43. The molecule has 0 bridgehead atoms. The smallest absolute Gasteiger partial charge is 0.00201 e. The van der Waals surface area contributed by atoms with Crippen molar-refractivity contribution in [2.75, 3.05) is 0 Å². The average Bonchev–Trinajstić information content (AvgIpc) is 3.22. The Balaban J connectivity index is 1.19. The summed E-state index contributed by atoms with van der Waals surface area (Å²) in [6.45, 7) is 0. The minimum absolute atomic E-state index is 1.23. The van der Waals surface area contributed by atoms with Crippen molar-refractivity contribution in [1.82, 2.24) is 0 Å². The Hall–Kier alpha value is -6.76. The van der Waals surface area contributed by atoms with E-state index in [4.69, 9.17) is 0 Å². The lowest BCUT2D eigenvalue weighted by Gasteiger charge is -2.20. The minimum atomic E-state index is 1.23. The molecular weight excluding hydrogens is 625 g/mol. The van der Waals surface area contributed by atoms with Crippen LogP contribution in [0.4, 0.5) is 0 Å². The van der Waals surface area contributed by atoms with Crippen molar-refractivity contribution in [2.24, 2.45) is 0 Å². The van der Waals surface area contributed by atoms with Crippen LogP contribution in [0.15, 0.2) is 194 Å². The summed E-state index contributed by atoms with van der Waals surface area (Å²) in [6, 6.07) is 71.8. The molecule has 0 spiro atoms.